The van der Waals surface area contributed by atoms with E-state index >= 15 is 0 Å². The third kappa shape index (κ3) is 2.05. The number of nitriles is 1. The standard InChI is InChI=1S/C11H13N3/c1-14(2)11(7-8-12)9-5-3-4-6-10(9)13/h3-7H,13H2,1-2H3/b11-7-. The number of nitrogen functional groups attached to an aromatic ring is 1. The zero-order chi connectivity index (χ0) is 10.6. The van der Waals surface area contributed by atoms with Crippen LogP contribution >= 0.6 is 0 Å². The lowest BCUT2D eigenvalue weighted by molar-refractivity contribution is 0.592. The van der Waals surface area contributed by atoms with Crippen LogP contribution in [-0.2, 0) is 0 Å². The van der Waals surface area contributed by atoms with Crippen molar-refractivity contribution >= 4 is 11.4 Å². The van der Waals surface area contributed by atoms with Crippen LogP contribution < -0.4 is 5.73 Å². The molecule has 0 atom stereocenters. The summed E-state index contributed by atoms with van der Waals surface area (Å²) < 4.78 is 0. The topological polar surface area (TPSA) is 53.0 Å². The summed E-state index contributed by atoms with van der Waals surface area (Å²) in [5, 5.41) is 8.64. The molecule has 1 rings (SSSR count). The van der Waals surface area contributed by atoms with Gasteiger partial charge in [-0.15, -0.1) is 0 Å². The number of rotatable bonds is 2. The molecule has 1 aromatic rings. The third-order valence-corrected chi connectivity index (χ3v) is 1.92. The van der Waals surface area contributed by atoms with Gasteiger partial charge in [-0.05, 0) is 6.07 Å². The number of benzene rings is 1. The number of anilines is 1. The summed E-state index contributed by atoms with van der Waals surface area (Å²) in [6.07, 6.45) is 1.49. The summed E-state index contributed by atoms with van der Waals surface area (Å²) in [4.78, 5) is 1.87. The Balaban J connectivity index is 3.21. The highest BCUT2D eigenvalue weighted by molar-refractivity contribution is 5.74. The highest BCUT2D eigenvalue weighted by Crippen LogP contribution is 2.22. The Morgan fingerprint density at radius 1 is 1.43 bits per heavy atom. The fourth-order valence-electron chi connectivity index (χ4n) is 1.24. The average Bonchev–Trinajstić information content (AvgIpc) is 2.15. The molecule has 72 valence electrons. The molecule has 0 radical (unpaired) electrons. The number of hydrogen-bond acceptors (Lipinski definition) is 3. The predicted molar refractivity (Wildman–Crippen MR) is 58.1 cm³/mol. The molecule has 0 fully saturated rings. The van der Waals surface area contributed by atoms with Crippen LogP contribution in [0.3, 0.4) is 0 Å². The van der Waals surface area contributed by atoms with Gasteiger partial charge in [-0.2, -0.15) is 5.26 Å². The van der Waals surface area contributed by atoms with Gasteiger partial charge in [0.25, 0.3) is 0 Å². The number of allylic oxidation sites excluding steroid dienone is 1. The lowest BCUT2D eigenvalue weighted by atomic mass is 10.1. The number of nitrogens with zero attached hydrogens (tertiary/aromatic N) is 2. The SMILES string of the molecule is CN(C)/C(=C\C#N)c1ccccc1N. The van der Waals surface area contributed by atoms with Crippen molar-refractivity contribution in [1.29, 1.82) is 5.26 Å². The zero-order valence-electron chi connectivity index (χ0n) is 8.36. The maximum atomic E-state index is 8.64. The van der Waals surface area contributed by atoms with Gasteiger partial charge in [-0.1, -0.05) is 18.2 Å². The number of nitrogens with two attached hydrogens (primary N) is 1. The summed E-state index contributed by atoms with van der Waals surface area (Å²) in [5.41, 5.74) is 8.21. The lowest BCUT2D eigenvalue weighted by Gasteiger charge is -2.17. The van der Waals surface area contributed by atoms with E-state index in [0.29, 0.717) is 5.69 Å². The fraction of sp³-hybridized carbons (Fsp3) is 0.182. The van der Waals surface area contributed by atoms with Crippen molar-refractivity contribution in [2.24, 2.45) is 0 Å². The number of para-hydroxylation sites is 1. The minimum atomic E-state index is 0.683. The van der Waals surface area contributed by atoms with Crippen LogP contribution in [0.25, 0.3) is 5.70 Å². The maximum absolute atomic E-state index is 8.64. The second-order valence-electron chi connectivity index (χ2n) is 3.14. The first-order chi connectivity index (χ1) is 6.66. The largest absolute Gasteiger partial charge is 0.398 e. The van der Waals surface area contributed by atoms with Crippen molar-refractivity contribution in [3.05, 3.63) is 35.9 Å². The molecular weight excluding hydrogens is 174 g/mol. The molecule has 0 aliphatic carbocycles. The molecule has 0 saturated carbocycles. The zero-order valence-corrected chi connectivity index (χ0v) is 8.36. The van der Waals surface area contributed by atoms with Gasteiger partial charge in [0, 0.05) is 31.4 Å². The molecule has 0 spiro atoms. The molecule has 14 heavy (non-hydrogen) atoms. The Kier molecular flexibility index (Phi) is 3.14. The van der Waals surface area contributed by atoms with Crippen LogP contribution in [0.1, 0.15) is 5.56 Å². The van der Waals surface area contributed by atoms with Crippen molar-refractivity contribution in [2.75, 3.05) is 19.8 Å². The first-order valence-corrected chi connectivity index (χ1v) is 4.29. The highest BCUT2D eigenvalue weighted by Gasteiger charge is 2.06. The van der Waals surface area contributed by atoms with Crippen molar-refractivity contribution in [3.8, 4) is 6.07 Å². The Labute approximate surface area is 84.1 Å². The van der Waals surface area contributed by atoms with Gasteiger partial charge >= 0.3 is 0 Å². The first kappa shape index (κ1) is 10.1. The Morgan fingerprint density at radius 3 is 2.57 bits per heavy atom. The van der Waals surface area contributed by atoms with E-state index in [0.717, 1.165) is 11.3 Å². The molecular formula is C11H13N3. The second kappa shape index (κ2) is 4.33. The van der Waals surface area contributed by atoms with Crippen LogP contribution in [0.5, 0.6) is 0 Å². The molecule has 3 nitrogen and oxygen atoms in total. The van der Waals surface area contributed by atoms with Gasteiger partial charge in [0.2, 0.25) is 0 Å². The molecule has 1 aromatic carbocycles. The minimum Gasteiger partial charge on any atom is -0.398 e. The van der Waals surface area contributed by atoms with Crippen LogP contribution in [0.15, 0.2) is 30.3 Å². The molecule has 2 N–H and O–H groups in total. The maximum Gasteiger partial charge on any atom is 0.0934 e. The van der Waals surface area contributed by atoms with Gasteiger partial charge in [0.1, 0.15) is 0 Å². The average molecular weight is 187 g/mol. The summed E-state index contributed by atoms with van der Waals surface area (Å²) >= 11 is 0. The van der Waals surface area contributed by atoms with E-state index < -0.39 is 0 Å². The van der Waals surface area contributed by atoms with E-state index in [4.69, 9.17) is 11.0 Å². The molecule has 0 aromatic heterocycles. The van der Waals surface area contributed by atoms with Gasteiger partial charge in [0.05, 0.1) is 11.8 Å². The van der Waals surface area contributed by atoms with E-state index in [1.54, 1.807) is 0 Å². The molecule has 0 bridgehead atoms. The summed E-state index contributed by atoms with van der Waals surface area (Å²) in [7, 11) is 3.77. The Bertz CT molecular complexity index is 386. The molecule has 3 heteroatoms. The Morgan fingerprint density at radius 2 is 2.07 bits per heavy atom. The molecule has 0 amide bonds. The van der Waals surface area contributed by atoms with Crippen molar-refractivity contribution in [2.45, 2.75) is 0 Å². The van der Waals surface area contributed by atoms with Crippen LogP contribution in [0.4, 0.5) is 5.69 Å². The predicted octanol–water partition coefficient (Wildman–Crippen LogP) is 1.69. The summed E-state index contributed by atoms with van der Waals surface area (Å²) in [6, 6.07) is 9.52. The molecule has 0 unspecified atom stereocenters. The van der Waals surface area contributed by atoms with Crippen LogP contribution in [0, 0.1) is 11.3 Å². The van der Waals surface area contributed by atoms with Crippen molar-refractivity contribution in [1.82, 2.24) is 4.90 Å². The molecule has 0 aliphatic heterocycles. The van der Waals surface area contributed by atoms with E-state index in [-0.39, 0.29) is 0 Å². The lowest BCUT2D eigenvalue weighted by Crippen LogP contribution is -2.11. The Hall–Kier alpha value is -1.95. The molecule has 0 aliphatic rings. The molecule has 0 saturated heterocycles. The van der Waals surface area contributed by atoms with E-state index in [9.17, 15) is 0 Å². The normalized spacial score (nSPS) is 10.8. The van der Waals surface area contributed by atoms with Crippen LogP contribution in [0.2, 0.25) is 0 Å². The van der Waals surface area contributed by atoms with Crippen LogP contribution in [-0.4, -0.2) is 19.0 Å². The van der Waals surface area contributed by atoms with Crippen molar-refractivity contribution < 1.29 is 0 Å². The highest BCUT2D eigenvalue weighted by atomic mass is 15.1. The van der Waals surface area contributed by atoms with Gasteiger partial charge in [-0.25, -0.2) is 0 Å². The summed E-state index contributed by atoms with van der Waals surface area (Å²) in [5.74, 6) is 0. The fourth-order valence-corrected chi connectivity index (χ4v) is 1.24. The van der Waals surface area contributed by atoms with Gasteiger partial charge in [0.15, 0.2) is 0 Å². The van der Waals surface area contributed by atoms with E-state index in [2.05, 4.69) is 0 Å². The minimum absolute atomic E-state index is 0.683. The van der Waals surface area contributed by atoms with E-state index in [1.807, 2.05) is 49.3 Å². The summed E-state index contributed by atoms with van der Waals surface area (Å²) in [6.45, 7) is 0. The monoisotopic (exact) mass is 187 g/mol. The number of hydrogen-bond donors (Lipinski definition) is 1. The van der Waals surface area contributed by atoms with Gasteiger partial charge < -0.3 is 10.6 Å². The van der Waals surface area contributed by atoms with Crippen molar-refractivity contribution in [3.63, 3.8) is 0 Å². The molecule has 0 heterocycles. The quantitative estimate of drug-likeness (QED) is 0.566. The second-order valence-corrected chi connectivity index (χ2v) is 3.14. The smallest absolute Gasteiger partial charge is 0.0934 e. The van der Waals surface area contributed by atoms with Gasteiger partial charge in [-0.3, -0.25) is 0 Å². The first-order valence-electron chi connectivity index (χ1n) is 4.29. The van der Waals surface area contributed by atoms with E-state index in [1.165, 1.54) is 6.08 Å². The third-order valence-electron chi connectivity index (χ3n) is 1.92.